The van der Waals surface area contributed by atoms with Crippen molar-refractivity contribution < 1.29 is 4.39 Å². The van der Waals surface area contributed by atoms with Crippen LogP contribution in [0.3, 0.4) is 0 Å². The minimum Gasteiger partial charge on any atom is -0.236 e. The second-order valence-electron chi connectivity index (χ2n) is 4.01. The Labute approximate surface area is 108 Å². The zero-order valence-electron chi connectivity index (χ0n) is 9.56. The minimum absolute atomic E-state index is 0.287. The molecule has 0 aliphatic heterocycles. The molecule has 0 aliphatic rings. The highest BCUT2D eigenvalue weighted by Gasteiger charge is 2.13. The van der Waals surface area contributed by atoms with Crippen LogP contribution in [-0.2, 0) is 0 Å². The van der Waals surface area contributed by atoms with Crippen molar-refractivity contribution in [2.24, 2.45) is 0 Å². The highest BCUT2D eigenvalue weighted by Crippen LogP contribution is 2.26. The van der Waals surface area contributed by atoms with E-state index in [4.69, 9.17) is 11.6 Å². The number of aryl methyl sites for hydroxylation is 1. The quantitative estimate of drug-likeness (QED) is 0.671. The molecule has 18 heavy (non-hydrogen) atoms. The van der Waals surface area contributed by atoms with Gasteiger partial charge in [-0.25, -0.2) is 14.1 Å². The SMILES string of the molecule is Cc1ccnc2c1c(Cl)nn2-c1ccc(F)cc1. The van der Waals surface area contributed by atoms with Gasteiger partial charge in [0, 0.05) is 6.20 Å². The summed E-state index contributed by atoms with van der Waals surface area (Å²) in [6.45, 7) is 1.95. The maximum absolute atomic E-state index is 12.9. The smallest absolute Gasteiger partial charge is 0.164 e. The van der Waals surface area contributed by atoms with Crippen molar-refractivity contribution >= 4 is 22.6 Å². The summed E-state index contributed by atoms with van der Waals surface area (Å²) in [6, 6.07) is 7.92. The molecule has 3 nitrogen and oxygen atoms in total. The topological polar surface area (TPSA) is 30.7 Å². The molecule has 0 bridgehead atoms. The number of benzene rings is 1. The van der Waals surface area contributed by atoms with E-state index in [-0.39, 0.29) is 5.82 Å². The van der Waals surface area contributed by atoms with Gasteiger partial charge in [-0.3, -0.25) is 0 Å². The van der Waals surface area contributed by atoms with Gasteiger partial charge in [0.2, 0.25) is 0 Å². The van der Waals surface area contributed by atoms with Gasteiger partial charge < -0.3 is 0 Å². The molecule has 0 radical (unpaired) electrons. The molecule has 2 heterocycles. The Morgan fingerprint density at radius 2 is 1.89 bits per heavy atom. The van der Waals surface area contributed by atoms with Crippen LogP contribution in [0.2, 0.25) is 5.15 Å². The fraction of sp³-hybridized carbons (Fsp3) is 0.0769. The van der Waals surface area contributed by atoms with Crippen LogP contribution in [0.5, 0.6) is 0 Å². The highest BCUT2D eigenvalue weighted by molar-refractivity contribution is 6.34. The summed E-state index contributed by atoms with van der Waals surface area (Å²) in [4.78, 5) is 4.28. The van der Waals surface area contributed by atoms with Crippen molar-refractivity contribution in [2.45, 2.75) is 6.92 Å². The number of halogens is 2. The maximum Gasteiger partial charge on any atom is 0.164 e. The predicted molar refractivity (Wildman–Crippen MR) is 68.6 cm³/mol. The molecule has 0 spiro atoms. The van der Waals surface area contributed by atoms with Crippen LogP contribution < -0.4 is 0 Å². The number of aromatic nitrogens is 3. The van der Waals surface area contributed by atoms with E-state index in [0.717, 1.165) is 16.6 Å². The number of nitrogens with zero attached hydrogens (tertiary/aromatic N) is 3. The molecule has 3 aromatic rings. The average Bonchev–Trinajstić information content (AvgIpc) is 2.69. The fourth-order valence-corrected chi connectivity index (χ4v) is 2.22. The van der Waals surface area contributed by atoms with Crippen molar-refractivity contribution in [3.8, 4) is 5.69 Å². The molecule has 2 aromatic heterocycles. The first-order valence-electron chi connectivity index (χ1n) is 5.42. The molecule has 0 atom stereocenters. The zero-order chi connectivity index (χ0) is 12.7. The molecule has 0 aliphatic carbocycles. The van der Waals surface area contributed by atoms with E-state index in [1.54, 1.807) is 23.0 Å². The lowest BCUT2D eigenvalue weighted by molar-refractivity contribution is 0.627. The number of fused-ring (bicyclic) bond motifs is 1. The third-order valence-electron chi connectivity index (χ3n) is 2.81. The van der Waals surface area contributed by atoms with E-state index >= 15 is 0 Å². The molecular formula is C13H9ClFN3. The molecule has 1 aromatic carbocycles. The Kier molecular flexibility index (Phi) is 2.52. The Bertz CT molecular complexity index is 719. The molecular weight excluding hydrogens is 253 g/mol. The molecule has 0 unspecified atom stereocenters. The van der Waals surface area contributed by atoms with Crippen molar-refractivity contribution in [1.29, 1.82) is 0 Å². The Balaban J connectivity index is 2.30. The highest BCUT2D eigenvalue weighted by atomic mass is 35.5. The van der Waals surface area contributed by atoms with Crippen LogP contribution >= 0.6 is 11.6 Å². The molecule has 0 N–H and O–H groups in total. The van der Waals surface area contributed by atoms with Crippen LogP contribution in [0.15, 0.2) is 36.5 Å². The molecule has 0 saturated carbocycles. The maximum atomic E-state index is 12.9. The minimum atomic E-state index is -0.287. The van der Waals surface area contributed by atoms with Crippen molar-refractivity contribution in [3.63, 3.8) is 0 Å². The lowest BCUT2D eigenvalue weighted by atomic mass is 10.2. The zero-order valence-corrected chi connectivity index (χ0v) is 10.3. The second-order valence-corrected chi connectivity index (χ2v) is 4.36. The molecule has 0 saturated heterocycles. The van der Waals surface area contributed by atoms with Crippen molar-refractivity contribution in [1.82, 2.24) is 14.8 Å². The van der Waals surface area contributed by atoms with Crippen LogP contribution in [-0.4, -0.2) is 14.8 Å². The molecule has 5 heteroatoms. The van der Waals surface area contributed by atoms with Gasteiger partial charge in [-0.05, 0) is 42.8 Å². The Hall–Kier alpha value is -1.94. The summed E-state index contributed by atoms with van der Waals surface area (Å²) in [6.07, 6.45) is 1.70. The molecule has 0 amide bonds. The van der Waals surface area contributed by atoms with E-state index in [9.17, 15) is 4.39 Å². The van der Waals surface area contributed by atoms with E-state index in [0.29, 0.717) is 10.8 Å². The first kappa shape index (κ1) is 11.2. The third kappa shape index (κ3) is 1.66. The van der Waals surface area contributed by atoms with Crippen molar-refractivity contribution in [2.75, 3.05) is 0 Å². The van der Waals surface area contributed by atoms with Crippen LogP contribution in [0, 0.1) is 12.7 Å². The van der Waals surface area contributed by atoms with Gasteiger partial charge in [0.15, 0.2) is 10.8 Å². The van der Waals surface area contributed by atoms with Crippen LogP contribution in [0.1, 0.15) is 5.56 Å². The van der Waals surface area contributed by atoms with Gasteiger partial charge in [-0.2, -0.15) is 5.10 Å². The van der Waals surface area contributed by atoms with E-state index < -0.39 is 0 Å². The second kappa shape index (κ2) is 4.07. The summed E-state index contributed by atoms with van der Waals surface area (Å²) in [7, 11) is 0. The lowest BCUT2D eigenvalue weighted by Gasteiger charge is -2.02. The van der Waals surface area contributed by atoms with Gasteiger partial charge >= 0.3 is 0 Å². The van der Waals surface area contributed by atoms with Crippen molar-refractivity contribution in [3.05, 3.63) is 53.1 Å². The number of hydrogen-bond acceptors (Lipinski definition) is 2. The van der Waals surface area contributed by atoms with Gasteiger partial charge in [0.1, 0.15) is 5.82 Å². The molecule has 3 rings (SSSR count). The van der Waals surface area contributed by atoms with Gasteiger partial charge in [-0.15, -0.1) is 0 Å². The Morgan fingerprint density at radius 1 is 1.17 bits per heavy atom. The predicted octanol–water partition coefficient (Wildman–Crippen LogP) is 3.52. The van der Waals surface area contributed by atoms with Gasteiger partial charge in [0.25, 0.3) is 0 Å². The fourth-order valence-electron chi connectivity index (χ4n) is 1.91. The monoisotopic (exact) mass is 261 g/mol. The third-order valence-corrected chi connectivity index (χ3v) is 3.07. The first-order chi connectivity index (χ1) is 8.66. The normalized spacial score (nSPS) is 11.1. The van der Waals surface area contributed by atoms with Gasteiger partial charge in [-0.1, -0.05) is 11.6 Å². The number of rotatable bonds is 1. The van der Waals surface area contributed by atoms with E-state index in [1.165, 1.54) is 12.1 Å². The van der Waals surface area contributed by atoms with Crippen LogP contribution in [0.25, 0.3) is 16.7 Å². The largest absolute Gasteiger partial charge is 0.236 e. The van der Waals surface area contributed by atoms with Gasteiger partial charge in [0.05, 0.1) is 11.1 Å². The summed E-state index contributed by atoms with van der Waals surface area (Å²) < 4.78 is 14.5. The summed E-state index contributed by atoms with van der Waals surface area (Å²) in [5, 5.41) is 5.47. The van der Waals surface area contributed by atoms with E-state index in [2.05, 4.69) is 10.1 Å². The van der Waals surface area contributed by atoms with Crippen LogP contribution in [0.4, 0.5) is 4.39 Å². The standard InChI is InChI=1S/C13H9ClFN3/c1-8-6-7-16-13-11(8)12(14)17-18(13)10-4-2-9(15)3-5-10/h2-7H,1H3. The Morgan fingerprint density at radius 3 is 2.61 bits per heavy atom. The number of hydrogen-bond donors (Lipinski definition) is 0. The lowest BCUT2D eigenvalue weighted by Crippen LogP contribution is -1.97. The average molecular weight is 262 g/mol. The van der Waals surface area contributed by atoms with E-state index in [1.807, 2.05) is 13.0 Å². The first-order valence-corrected chi connectivity index (χ1v) is 5.80. The number of pyridine rings is 1. The molecule has 0 fully saturated rings. The summed E-state index contributed by atoms with van der Waals surface area (Å²) in [5.74, 6) is -0.287. The summed E-state index contributed by atoms with van der Waals surface area (Å²) >= 11 is 6.12. The summed E-state index contributed by atoms with van der Waals surface area (Å²) in [5.41, 5.74) is 2.41. The molecule has 90 valence electrons.